The summed E-state index contributed by atoms with van der Waals surface area (Å²) in [6.07, 6.45) is 3.63. The number of hydrogen-bond acceptors (Lipinski definition) is 2. The Hall–Kier alpha value is -1.64. The average molecular weight is 295 g/mol. The van der Waals surface area contributed by atoms with E-state index >= 15 is 0 Å². The van der Waals surface area contributed by atoms with Crippen molar-refractivity contribution in [1.29, 1.82) is 0 Å². The molecule has 1 fully saturated rings. The number of nitrogens with zero attached hydrogens (tertiary/aromatic N) is 1. The molecule has 1 heterocycles. The molecule has 22 heavy (non-hydrogen) atoms. The summed E-state index contributed by atoms with van der Waals surface area (Å²) in [6.45, 7) is 2.36. The van der Waals surface area contributed by atoms with Gasteiger partial charge in [0.15, 0.2) is 0 Å². The average Bonchev–Trinajstić information content (AvgIpc) is 2.59. The molecule has 1 N–H and O–H groups in total. The Labute approximate surface area is 133 Å². The largest absolute Gasteiger partial charge is 0.394 e. The zero-order valence-corrected chi connectivity index (χ0v) is 13.1. The van der Waals surface area contributed by atoms with Gasteiger partial charge >= 0.3 is 0 Å². The van der Waals surface area contributed by atoms with E-state index < -0.39 is 0 Å². The van der Waals surface area contributed by atoms with Crippen molar-refractivity contribution in [1.82, 2.24) is 4.90 Å². The van der Waals surface area contributed by atoms with E-state index in [4.69, 9.17) is 0 Å². The lowest BCUT2D eigenvalue weighted by Gasteiger charge is -2.37. The number of hydrogen-bond donors (Lipinski definition) is 1. The van der Waals surface area contributed by atoms with Gasteiger partial charge in [-0.05, 0) is 49.4 Å². The second kappa shape index (κ2) is 7.57. The van der Waals surface area contributed by atoms with Gasteiger partial charge in [-0.3, -0.25) is 4.90 Å². The summed E-state index contributed by atoms with van der Waals surface area (Å²) in [7, 11) is 0. The van der Waals surface area contributed by atoms with E-state index in [-0.39, 0.29) is 12.6 Å². The van der Waals surface area contributed by atoms with E-state index in [1.165, 1.54) is 30.4 Å². The molecule has 2 heteroatoms. The quantitative estimate of drug-likeness (QED) is 0.909. The van der Waals surface area contributed by atoms with Crippen LogP contribution in [-0.2, 0) is 6.42 Å². The van der Waals surface area contributed by atoms with Crippen LogP contribution in [0.2, 0.25) is 0 Å². The van der Waals surface area contributed by atoms with Crippen LogP contribution in [0.1, 0.15) is 30.0 Å². The predicted octanol–water partition coefficient (Wildman–Crippen LogP) is 3.67. The molecule has 3 rings (SSSR count). The number of aliphatic hydroxyl groups excluding tert-OH is 1. The molecule has 2 aromatic rings. The molecule has 0 radical (unpaired) electrons. The highest BCUT2D eigenvalue weighted by molar-refractivity contribution is 5.19. The van der Waals surface area contributed by atoms with Crippen molar-refractivity contribution in [2.45, 2.75) is 25.3 Å². The van der Waals surface area contributed by atoms with Crippen molar-refractivity contribution in [3.63, 3.8) is 0 Å². The smallest absolute Gasteiger partial charge is 0.0628 e. The van der Waals surface area contributed by atoms with Gasteiger partial charge in [-0.2, -0.15) is 0 Å². The number of rotatable bonds is 5. The van der Waals surface area contributed by atoms with Crippen LogP contribution in [0.5, 0.6) is 0 Å². The topological polar surface area (TPSA) is 23.5 Å². The van der Waals surface area contributed by atoms with Crippen molar-refractivity contribution < 1.29 is 5.11 Å². The van der Waals surface area contributed by atoms with E-state index in [0.29, 0.717) is 0 Å². The minimum absolute atomic E-state index is 0.152. The Morgan fingerprint density at radius 2 is 1.50 bits per heavy atom. The van der Waals surface area contributed by atoms with Crippen molar-refractivity contribution in [2.75, 3.05) is 19.7 Å². The third kappa shape index (κ3) is 3.76. The Kier molecular flexibility index (Phi) is 5.25. The molecular weight excluding hydrogens is 270 g/mol. The molecule has 116 valence electrons. The summed E-state index contributed by atoms with van der Waals surface area (Å²) in [5.41, 5.74) is 2.68. The summed E-state index contributed by atoms with van der Waals surface area (Å²) < 4.78 is 0. The van der Waals surface area contributed by atoms with Gasteiger partial charge in [-0.1, -0.05) is 60.7 Å². The molecule has 0 aliphatic carbocycles. The van der Waals surface area contributed by atoms with Crippen LogP contribution in [0.15, 0.2) is 60.7 Å². The van der Waals surface area contributed by atoms with Gasteiger partial charge in [0.1, 0.15) is 0 Å². The molecule has 2 aromatic carbocycles. The Balaban J connectivity index is 1.57. The van der Waals surface area contributed by atoms with Crippen molar-refractivity contribution in [3.8, 4) is 0 Å². The fourth-order valence-electron chi connectivity index (χ4n) is 3.52. The van der Waals surface area contributed by atoms with Crippen LogP contribution in [-0.4, -0.2) is 29.7 Å². The lowest BCUT2D eigenvalue weighted by atomic mass is 9.89. The standard InChI is InChI=1S/C20H25NO/c22-16-20(19-9-5-2-6-10-19)21-13-11-18(12-14-21)15-17-7-3-1-4-8-17/h1-10,18,20,22H,11-16H2/t20-/m0/s1. The van der Waals surface area contributed by atoms with Crippen molar-refractivity contribution in [3.05, 3.63) is 71.8 Å². The molecule has 0 amide bonds. The van der Waals surface area contributed by atoms with Crippen LogP contribution >= 0.6 is 0 Å². The molecule has 0 unspecified atom stereocenters. The first-order valence-electron chi connectivity index (χ1n) is 8.30. The molecule has 0 spiro atoms. The first kappa shape index (κ1) is 15.3. The van der Waals surface area contributed by atoms with E-state index in [1.807, 2.05) is 6.07 Å². The monoisotopic (exact) mass is 295 g/mol. The maximum Gasteiger partial charge on any atom is 0.0628 e. The first-order valence-corrected chi connectivity index (χ1v) is 8.30. The summed E-state index contributed by atoms with van der Waals surface area (Å²) >= 11 is 0. The van der Waals surface area contributed by atoms with Gasteiger partial charge < -0.3 is 5.11 Å². The first-order chi connectivity index (χ1) is 10.9. The van der Waals surface area contributed by atoms with Crippen molar-refractivity contribution in [2.24, 2.45) is 5.92 Å². The fraction of sp³-hybridized carbons (Fsp3) is 0.400. The molecular formula is C20H25NO. The summed E-state index contributed by atoms with van der Waals surface area (Å²) in [6, 6.07) is 21.3. The van der Waals surface area contributed by atoms with E-state index in [1.54, 1.807) is 0 Å². The zero-order valence-electron chi connectivity index (χ0n) is 13.1. The highest BCUT2D eigenvalue weighted by Gasteiger charge is 2.25. The third-order valence-electron chi connectivity index (χ3n) is 4.81. The molecule has 1 atom stereocenters. The van der Waals surface area contributed by atoms with Crippen LogP contribution < -0.4 is 0 Å². The number of aliphatic hydroxyl groups is 1. The minimum atomic E-state index is 0.152. The Morgan fingerprint density at radius 1 is 0.909 bits per heavy atom. The van der Waals surface area contributed by atoms with Gasteiger partial charge in [0.05, 0.1) is 12.6 Å². The van der Waals surface area contributed by atoms with Crippen molar-refractivity contribution >= 4 is 0 Å². The maximum absolute atomic E-state index is 9.79. The molecule has 0 aromatic heterocycles. The van der Waals surface area contributed by atoms with Gasteiger partial charge in [0.25, 0.3) is 0 Å². The highest BCUT2D eigenvalue weighted by atomic mass is 16.3. The maximum atomic E-state index is 9.79. The minimum Gasteiger partial charge on any atom is -0.394 e. The molecule has 0 bridgehead atoms. The summed E-state index contributed by atoms with van der Waals surface area (Å²) in [5.74, 6) is 0.772. The van der Waals surface area contributed by atoms with Crippen LogP contribution in [0.3, 0.4) is 0 Å². The molecule has 0 saturated carbocycles. The second-order valence-corrected chi connectivity index (χ2v) is 6.28. The summed E-state index contributed by atoms with van der Waals surface area (Å²) in [4.78, 5) is 2.44. The molecule has 2 nitrogen and oxygen atoms in total. The van der Waals surface area contributed by atoms with Crippen LogP contribution in [0, 0.1) is 5.92 Å². The Bertz CT molecular complexity index is 546. The van der Waals surface area contributed by atoms with E-state index in [9.17, 15) is 5.11 Å². The van der Waals surface area contributed by atoms with Gasteiger partial charge in [0, 0.05) is 0 Å². The third-order valence-corrected chi connectivity index (χ3v) is 4.81. The van der Waals surface area contributed by atoms with Gasteiger partial charge in [0.2, 0.25) is 0 Å². The van der Waals surface area contributed by atoms with Gasteiger partial charge in [-0.15, -0.1) is 0 Å². The van der Waals surface area contributed by atoms with E-state index in [2.05, 4.69) is 59.5 Å². The predicted molar refractivity (Wildman–Crippen MR) is 90.7 cm³/mol. The molecule has 1 saturated heterocycles. The summed E-state index contributed by atoms with van der Waals surface area (Å²) in [5, 5.41) is 9.79. The lowest BCUT2D eigenvalue weighted by molar-refractivity contribution is 0.0864. The number of likely N-dealkylation sites (tertiary alicyclic amines) is 1. The molecule has 1 aliphatic heterocycles. The second-order valence-electron chi connectivity index (χ2n) is 6.28. The van der Waals surface area contributed by atoms with Crippen LogP contribution in [0.25, 0.3) is 0 Å². The van der Waals surface area contributed by atoms with Gasteiger partial charge in [-0.25, -0.2) is 0 Å². The SMILES string of the molecule is OC[C@@H](c1ccccc1)N1CCC(Cc2ccccc2)CC1. The highest BCUT2D eigenvalue weighted by Crippen LogP contribution is 2.28. The van der Waals surface area contributed by atoms with E-state index in [0.717, 1.165) is 19.0 Å². The fourth-order valence-corrected chi connectivity index (χ4v) is 3.52. The van der Waals surface area contributed by atoms with Crippen LogP contribution in [0.4, 0.5) is 0 Å². The number of piperidine rings is 1. The zero-order chi connectivity index (χ0) is 15.2. The normalized spacial score (nSPS) is 18.2. The molecule has 1 aliphatic rings. The number of benzene rings is 2. The lowest BCUT2D eigenvalue weighted by Crippen LogP contribution is -2.38. The Morgan fingerprint density at radius 3 is 2.09 bits per heavy atom.